The van der Waals surface area contributed by atoms with Gasteiger partial charge in [0.1, 0.15) is 24.1 Å². The molecule has 0 saturated carbocycles. The van der Waals surface area contributed by atoms with Gasteiger partial charge in [-0.1, -0.05) is 0 Å². The Balaban J connectivity index is 1.61. The molecule has 2 saturated heterocycles. The topological polar surface area (TPSA) is 110 Å². The van der Waals surface area contributed by atoms with Crippen molar-refractivity contribution in [1.29, 1.82) is 0 Å². The van der Waals surface area contributed by atoms with Crippen molar-refractivity contribution in [3.63, 3.8) is 0 Å². The molecular formula is C18H27F3N4O5. The summed E-state index contributed by atoms with van der Waals surface area (Å²) in [5.41, 5.74) is 4.28. The smallest absolute Gasteiger partial charge is 0.378 e. The van der Waals surface area contributed by atoms with Crippen LogP contribution >= 0.6 is 0 Å². The van der Waals surface area contributed by atoms with Gasteiger partial charge in [0.05, 0.1) is 51.5 Å². The third-order valence-electron chi connectivity index (χ3n) is 4.59. The Morgan fingerprint density at radius 3 is 2.63 bits per heavy atom. The fraction of sp³-hybridized carbons (Fsp3) is 0.778. The van der Waals surface area contributed by atoms with Crippen LogP contribution in [0, 0.1) is 0 Å². The highest BCUT2D eigenvalue weighted by molar-refractivity contribution is 5.35. The quantitative estimate of drug-likeness (QED) is 0.552. The molecule has 30 heavy (non-hydrogen) atoms. The molecule has 3 N–H and O–H groups in total. The molecule has 0 amide bonds. The van der Waals surface area contributed by atoms with Crippen LogP contribution in [0.1, 0.15) is 19.5 Å². The lowest BCUT2D eigenvalue weighted by Crippen LogP contribution is -2.55. The SMILES string of the molecule is CC1(C)O[C@@H]2[C@H](O1)[C@@H](Nc1cncc(C(F)(F)F)n1)CO[C@@H]2COCCOCCN. The second kappa shape index (κ2) is 9.71. The number of anilines is 1. The highest BCUT2D eigenvalue weighted by Crippen LogP contribution is 2.36. The van der Waals surface area contributed by atoms with E-state index in [0.717, 1.165) is 0 Å². The van der Waals surface area contributed by atoms with Crippen molar-refractivity contribution in [3.8, 4) is 0 Å². The number of hydrogen-bond acceptors (Lipinski definition) is 9. The van der Waals surface area contributed by atoms with Crippen LogP contribution < -0.4 is 11.1 Å². The monoisotopic (exact) mass is 436 g/mol. The van der Waals surface area contributed by atoms with E-state index < -0.39 is 42.0 Å². The van der Waals surface area contributed by atoms with Crippen LogP contribution in [0.3, 0.4) is 0 Å². The van der Waals surface area contributed by atoms with Gasteiger partial charge >= 0.3 is 6.18 Å². The van der Waals surface area contributed by atoms with Crippen LogP contribution in [0.2, 0.25) is 0 Å². The van der Waals surface area contributed by atoms with Crippen molar-refractivity contribution < 1.29 is 36.9 Å². The Kier molecular flexibility index (Phi) is 7.47. The number of halogens is 3. The van der Waals surface area contributed by atoms with Crippen molar-refractivity contribution in [2.24, 2.45) is 5.73 Å². The standard InChI is InChI=1S/C18H27F3N4O5/c1-17(2)29-15-11(24-14-8-23-7-13(25-14)18(19,20)21)9-28-12(16(15)30-17)10-27-6-5-26-4-3-22/h7-8,11-12,15-16H,3-6,9-10,22H2,1-2H3,(H,24,25)/t11-,12+,15+,16-/m0/s1. The molecule has 12 heteroatoms. The summed E-state index contributed by atoms with van der Waals surface area (Å²) in [5.74, 6) is -0.887. The minimum Gasteiger partial charge on any atom is -0.378 e. The van der Waals surface area contributed by atoms with Crippen LogP contribution in [0.4, 0.5) is 19.0 Å². The molecule has 1 aromatic rings. The van der Waals surface area contributed by atoms with Crippen LogP contribution in [0.25, 0.3) is 0 Å². The van der Waals surface area contributed by atoms with Crippen molar-refractivity contribution in [3.05, 3.63) is 18.1 Å². The second-order valence-corrected chi connectivity index (χ2v) is 7.45. The lowest BCUT2D eigenvalue weighted by Gasteiger charge is -2.37. The van der Waals surface area contributed by atoms with Gasteiger partial charge in [-0.05, 0) is 13.8 Å². The summed E-state index contributed by atoms with van der Waals surface area (Å²) in [6.07, 6.45) is -4.00. The lowest BCUT2D eigenvalue weighted by molar-refractivity contribution is -0.160. The van der Waals surface area contributed by atoms with Gasteiger partial charge in [0.2, 0.25) is 0 Å². The first-order chi connectivity index (χ1) is 14.2. The summed E-state index contributed by atoms with van der Waals surface area (Å²) in [6, 6.07) is -0.473. The van der Waals surface area contributed by atoms with Gasteiger partial charge in [-0.25, -0.2) is 4.98 Å². The first-order valence-corrected chi connectivity index (χ1v) is 9.68. The molecule has 9 nitrogen and oxygen atoms in total. The number of nitrogens with one attached hydrogen (secondary N) is 1. The molecule has 3 rings (SSSR count). The predicted octanol–water partition coefficient (Wildman–Crippen LogP) is 1.19. The highest BCUT2D eigenvalue weighted by Gasteiger charge is 2.52. The summed E-state index contributed by atoms with van der Waals surface area (Å²) in [4.78, 5) is 7.21. The number of ether oxygens (including phenoxy) is 5. The molecule has 0 radical (unpaired) electrons. The fourth-order valence-corrected chi connectivity index (χ4v) is 3.36. The Bertz CT molecular complexity index is 694. The molecule has 3 heterocycles. The van der Waals surface area contributed by atoms with Gasteiger partial charge in [0.25, 0.3) is 0 Å². The zero-order valence-corrected chi connectivity index (χ0v) is 16.9. The van der Waals surface area contributed by atoms with Crippen LogP contribution in [0.5, 0.6) is 0 Å². The maximum Gasteiger partial charge on any atom is 0.434 e. The third-order valence-corrected chi connectivity index (χ3v) is 4.59. The Morgan fingerprint density at radius 1 is 1.17 bits per heavy atom. The molecule has 0 unspecified atom stereocenters. The molecule has 0 aliphatic carbocycles. The van der Waals surface area contributed by atoms with Crippen molar-refractivity contribution in [2.75, 3.05) is 44.9 Å². The van der Waals surface area contributed by atoms with Gasteiger partial charge < -0.3 is 34.7 Å². The molecule has 4 atom stereocenters. The Labute approximate surface area is 172 Å². The number of rotatable bonds is 9. The van der Waals surface area contributed by atoms with E-state index in [1.807, 2.05) is 0 Å². The van der Waals surface area contributed by atoms with E-state index in [1.165, 1.54) is 6.20 Å². The first-order valence-electron chi connectivity index (χ1n) is 9.68. The first kappa shape index (κ1) is 23.1. The van der Waals surface area contributed by atoms with Crippen molar-refractivity contribution in [1.82, 2.24) is 9.97 Å². The van der Waals surface area contributed by atoms with Crippen molar-refractivity contribution in [2.45, 2.75) is 50.2 Å². The number of nitrogens with zero attached hydrogens (tertiary/aromatic N) is 2. The van der Waals surface area contributed by atoms with Gasteiger partial charge in [-0.3, -0.25) is 4.98 Å². The maximum absolute atomic E-state index is 12.9. The highest BCUT2D eigenvalue weighted by atomic mass is 19.4. The Morgan fingerprint density at radius 2 is 1.90 bits per heavy atom. The van der Waals surface area contributed by atoms with E-state index in [4.69, 9.17) is 29.4 Å². The molecular weight excluding hydrogens is 409 g/mol. The van der Waals surface area contributed by atoms with Gasteiger partial charge in [-0.15, -0.1) is 0 Å². The summed E-state index contributed by atoms with van der Waals surface area (Å²) in [6.45, 7) is 5.68. The number of nitrogens with two attached hydrogens (primary N) is 1. The molecule has 0 aromatic carbocycles. The molecule has 0 bridgehead atoms. The summed E-state index contributed by atoms with van der Waals surface area (Å²) in [5, 5.41) is 2.94. The molecule has 2 aliphatic heterocycles. The van der Waals surface area contributed by atoms with E-state index in [9.17, 15) is 13.2 Å². The molecule has 1 aromatic heterocycles. The summed E-state index contributed by atoms with van der Waals surface area (Å²) in [7, 11) is 0. The Hall–Kier alpha value is -1.57. The second-order valence-electron chi connectivity index (χ2n) is 7.45. The average Bonchev–Trinajstić information content (AvgIpc) is 3.01. The minimum absolute atomic E-state index is 0.0165. The predicted molar refractivity (Wildman–Crippen MR) is 98.7 cm³/mol. The summed E-state index contributed by atoms with van der Waals surface area (Å²) >= 11 is 0. The van der Waals surface area contributed by atoms with Gasteiger partial charge in [-0.2, -0.15) is 13.2 Å². The largest absolute Gasteiger partial charge is 0.434 e. The van der Waals surface area contributed by atoms with Crippen LogP contribution in [0.15, 0.2) is 12.4 Å². The van der Waals surface area contributed by atoms with Crippen LogP contribution in [-0.4, -0.2) is 79.7 Å². The van der Waals surface area contributed by atoms with Gasteiger partial charge in [0.15, 0.2) is 11.5 Å². The van der Waals surface area contributed by atoms with E-state index in [0.29, 0.717) is 32.6 Å². The number of fused-ring (bicyclic) bond motifs is 1. The van der Waals surface area contributed by atoms with Crippen molar-refractivity contribution >= 4 is 5.82 Å². The number of aromatic nitrogens is 2. The third kappa shape index (κ3) is 5.99. The summed E-state index contributed by atoms with van der Waals surface area (Å²) < 4.78 is 67.4. The molecule has 2 fully saturated rings. The number of hydrogen-bond donors (Lipinski definition) is 2. The van der Waals surface area contributed by atoms with E-state index in [2.05, 4.69) is 15.3 Å². The molecule has 170 valence electrons. The lowest BCUT2D eigenvalue weighted by atomic mass is 9.98. The zero-order valence-electron chi connectivity index (χ0n) is 16.9. The average molecular weight is 436 g/mol. The maximum atomic E-state index is 12.9. The number of alkyl halides is 3. The normalized spacial score (nSPS) is 28.3. The van der Waals surface area contributed by atoms with E-state index in [-0.39, 0.29) is 19.0 Å². The minimum atomic E-state index is -4.58. The van der Waals surface area contributed by atoms with Gasteiger partial charge in [0, 0.05) is 6.54 Å². The fourth-order valence-electron chi connectivity index (χ4n) is 3.36. The zero-order chi connectivity index (χ0) is 21.8. The molecule has 2 aliphatic rings. The van der Waals surface area contributed by atoms with E-state index in [1.54, 1.807) is 13.8 Å². The van der Waals surface area contributed by atoms with Crippen LogP contribution in [-0.2, 0) is 29.9 Å². The molecule has 0 spiro atoms. The van der Waals surface area contributed by atoms with E-state index >= 15 is 0 Å².